The second kappa shape index (κ2) is 5.82. The maximum atomic E-state index is 13.7. The van der Waals surface area contributed by atoms with E-state index >= 15 is 0 Å². The Bertz CT molecular complexity index is 1060. The standard InChI is InChI=1S/C17H11F2N5O/c18-11-2-1-3-12(14(11)19)25-10-6-4-9(5-7-10)15-13-16(20)21-8-22-17(13)24-23-15/h1-8H,(H3,20,21,22,23,24). The summed E-state index contributed by atoms with van der Waals surface area (Å²) in [6, 6.07) is 10.5. The van der Waals surface area contributed by atoms with Crippen molar-refractivity contribution >= 4 is 16.9 Å². The van der Waals surface area contributed by atoms with E-state index in [9.17, 15) is 8.78 Å². The van der Waals surface area contributed by atoms with E-state index in [0.29, 0.717) is 28.3 Å². The number of nitrogens with two attached hydrogens (primary N) is 1. The van der Waals surface area contributed by atoms with E-state index < -0.39 is 11.6 Å². The van der Waals surface area contributed by atoms with Crippen LogP contribution in [0, 0.1) is 11.6 Å². The average molecular weight is 339 g/mol. The molecule has 4 aromatic rings. The number of rotatable bonds is 3. The van der Waals surface area contributed by atoms with Gasteiger partial charge in [-0.1, -0.05) is 6.07 Å². The Morgan fingerprint density at radius 2 is 1.80 bits per heavy atom. The molecule has 0 spiro atoms. The largest absolute Gasteiger partial charge is 0.454 e. The maximum absolute atomic E-state index is 13.7. The average Bonchev–Trinajstić information content (AvgIpc) is 3.05. The van der Waals surface area contributed by atoms with Crippen molar-refractivity contribution in [3.63, 3.8) is 0 Å². The van der Waals surface area contributed by atoms with E-state index in [2.05, 4.69) is 20.2 Å². The van der Waals surface area contributed by atoms with Crippen molar-refractivity contribution in [1.29, 1.82) is 0 Å². The second-order valence-electron chi connectivity index (χ2n) is 5.23. The number of nitrogen functional groups attached to an aromatic ring is 1. The van der Waals surface area contributed by atoms with E-state index in [1.165, 1.54) is 18.5 Å². The fourth-order valence-corrected chi connectivity index (χ4v) is 2.47. The van der Waals surface area contributed by atoms with Gasteiger partial charge in [-0.05, 0) is 36.4 Å². The highest BCUT2D eigenvalue weighted by atomic mass is 19.2. The van der Waals surface area contributed by atoms with Gasteiger partial charge in [0.2, 0.25) is 5.82 Å². The highest BCUT2D eigenvalue weighted by Gasteiger charge is 2.13. The van der Waals surface area contributed by atoms with Crippen LogP contribution in [-0.2, 0) is 0 Å². The van der Waals surface area contributed by atoms with Gasteiger partial charge in [0.05, 0.1) is 11.1 Å². The monoisotopic (exact) mass is 339 g/mol. The van der Waals surface area contributed by atoms with Crippen LogP contribution < -0.4 is 10.5 Å². The summed E-state index contributed by atoms with van der Waals surface area (Å²) in [5.74, 6) is -1.50. The van der Waals surface area contributed by atoms with E-state index in [1.807, 2.05) is 0 Å². The van der Waals surface area contributed by atoms with Gasteiger partial charge in [-0.15, -0.1) is 0 Å². The fourth-order valence-electron chi connectivity index (χ4n) is 2.47. The number of nitrogens with one attached hydrogen (secondary N) is 1. The van der Waals surface area contributed by atoms with Crippen molar-refractivity contribution in [2.45, 2.75) is 0 Å². The first kappa shape index (κ1) is 15.0. The molecule has 0 unspecified atom stereocenters. The van der Waals surface area contributed by atoms with Crippen molar-refractivity contribution in [3.05, 3.63) is 60.4 Å². The molecule has 0 saturated carbocycles. The Hall–Kier alpha value is -3.55. The molecule has 0 atom stereocenters. The Balaban J connectivity index is 1.67. The van der Waals surface area contributed by atoms with Gasteiger partial charge in [0, 0.05) is 5.56 Å². The number of anilines is 1. The predicted octanol–water partition coefficient (Wildman–Crippen LogP) is 3.67. The molecular formula is C17H11F2N5O. The number of ether oxygens (including phenoxy) is 1. The van der Waals surface area contributed by atoms with Crippen LogP contribution in [0.1, 0.15) is 0 Å². The number of nitrogens with zero attached hydrogens (tertiary/aromatic N) is 3. The molecule has 124 valence electrons. The first-order valence-electron chi connectivity index (χ1n) is 7.30. The summed E-state index contributed by atoms with van der Waals surface area (Å²) in [4.78, 5) is 8.01. The third-order valence-electron chi connectivity index (χ3n) is 3.67. The molecule has 0 radical (unpaired) electrons. The van der Waals surface area contributed by atoms with Crippen molar-refractivity contribution < 1.29 is 13.5 Å². The number of aromatic nitrogens is 4. The highest BCUT2D eigenvalue weighted by molar-refractivity contribution is 5.97. The summed E-state index contributed by atoms with van der Waals surface area (Å²) in [6.45, 7) is 0. The van der Waals surface area contributed by atoms with Gasteiger partial charge in [0.15, 0.2) is 17.2 Å². The molecule has 4 rings (SSSR count). The molecule has 0 bridgehead atoms. The summed E-state index contributed by atoms with van der Waals surface area (Å²) >= 11 is 0. The van der Waals surface area contributed by atoms with Gasteiger partial charge in [-0.2, -0.15) is 9.49 Å². The molecule has 8 heteroatoms. The lowest BCUT2D eigenvalue weighted by molar-refractivity contribution is 0.416. The zero-order valence-electron chi connectivity index (χ0n) is 12.7. The SMILES string of the molecule is Nc1ncnc2n[nH]c(-c3ccc(Oc4cccc(F)c4F)cc3)c12. The lowest BCUT2D eigenvalue weighted by atomic mass is 10.1. The molecule has 0 fully saturated rings. The molecule has 0 aliphatic rings. The number of halogens is 2. The first-order chi connectivity index (χ1) is 12.1. The molecule has 2 heterocycles. The number of aromatic amines is 1. The van der Waals surface area contributed by atoms with Gasteiger partial charge in [0.25, 0.3) is 0 Å². The Morgan fingerprint density at radius 3 is 2.60 bits per heavy atom. The van der Waals surface area contributed by atoms with Gasteiger partial charge < -0.3 is 10.5 Å². The van der Waals surface area contributed by atoms with Crippen LogP contribution in [0.3, 0.4) is 0 Å². The van der Waals surface area contributed by atoms with Crippen LogP contribution in [0.5, 0.6) is 11.5 Å². The predicted molar refractivity (Wildman–Crippen MR) is 88.0 cm³/mol. The maximum Gasteiger partial charge on any atom is 0.201 e. The summed E-state index contributed by atoms with van der Waals surface area (Å²) in [5, 5.41) is 7.58. The lowest BCUT2D eigenvalue weighted by Crippen LogP contribution is -1.93. The van der Waals surface area contributed by atoms with Crippen molar-refractivity contribution in [3.8, 4) is 22.8 Å². The number of hydrogen-bond donors (Lipinski definition) is 2. The van der Waals surface area contributed by atoms with E-state index in [0.717, 1.165) is 11.6 Å². The second-order valence-corrected chi connectivity index (χ2v) is 5.23. The highest BCUT2D eigenvalue weighted by Crippen LogP contribution is 2.31. The smallest absolute Gasteiger partial charge is 0.201 e. The fraction of sp³-hybridized carbons (Fsp3) is 0. The first-order valence-corrected chi connectivity index (χ1v) is 7.30. The van der Waals surface area contributed by atoms with Crippen LogP contribution in [0.15, 0.2) is 48.8 Å². The van der Waals surface area contributed by atoms with Crippen molar-refractivity contribution in [2.75, 3.05) is 5.73 Å². The topological polar surface area (TPSA) is 89.7 Å². The third kappa shape index (κ3) is 2.63. The summed E-state index contributed by atoms with van der Waals surface area (Å²) in [5.41, 5.74) is 7.79. The summed E-state index contributed by atoms with van der Waals surface area (Å²) in [7, 11) is 0. The molecule has 0 aliphatic carbocycles. The van der Waals surface area contributed by atoms with Crippen molar-refractivity contribution in [1.82, 2.24) is 20.2 Å². The van der Waals surface area contributed by atoms with Crippen LogP contribution in [0.4, 0.5) is 14.6 Å². The Morgan fingerprint density at radius 1 is 1.00 bits per heavy atom. The quantitative estimate of drug-likeness (QED) is 0.594. The summed E-state index contributed by atoms with van der Waals surface area (Å²) in [6.07, 6.45) is 1.34. The van der Waals surface area contributed by atoms with E-state index in [1.54, 1.807) is 24.3 Å². The normalized spacial score (nSPS) is 11.0. The van der Waals surface area contributed by atoms with E-state index in [4.69, 9.17) is 10.5 Å². The lowest BCUT2D eigenvalue weighted by Gasteiger charge is -2.08. The molecule has 2 aromatic carbocycles. The molecule has 2 aromatic heterocycles. The number of hydrogen-bond acceptors (Lipinski definition) is 5. The Labute approximate surface area is 140 Å². The number of benzene rings is 2. The zero-order valence-corrected chi connectivity index (χ0v) is 12.7. The zero-order chi connectivity index (χ0) is 17.4. The minimum absolute atomic E-state index is 0.183. The Kier molecular flexibility index (Phi) is 3.50. The van der Waals surface area contributed by atoms with Crippen LogP contribution >= 0.6 is 0 Å². The van der Waals surface area contributed by atoms with Crippen LogP contribution in [0.2, 0.25) is 0 Å². The van der Waals surface area contributed by atoms with Gasteiger partial charge in [0.1, 0.15) is 17.9 Å². The minimum Gasteiger partial charge on any atom is -0.454 e. The third-order valence-corrected chi connectivity index (χ3v) is 3.67. The number of fused-ring (bicyclic) bond motifs is 1. The summed E-state index contributed by atoms with van der Waals surface area (Å²) < 4.78 is 32.3. The number of H-pyrrole nitrogens is 1. The molecular weight excluding hydrogens is 328 g/mol. The molecule has 25 heavy (non-hydrogen) atoms. The van der Waals surface area contributed by atoms with Gasteiger partial charge >= 0.3 is 0 Å². The molecule has 6 nitrogen and oxygen atoms in total. The van der Waals surface area contributed by atoms with Gasteiger partial charge in [-0.3, -0.25) is 5.10 Å². The van der Waals surface area contributed by atoms with Gasteiger partial charge in [-0.25, -0.2) is 14.4 Å². The van der Waals surface area contributed by atoms with E-state index in [-0.39, 0.29) is 5.75 Å². The molecule has 0 saturated heterocycles. The van der Waals surface area contributed by atoms with Crippen LogP contribution in [0.25, 0.3) is 22.3 Å². The van der Waals surface area contributed by atoms with Crippen LogP contribution in [-0.4, -0.2) is 20.2 Å². The molecule has 0 amide bonds. The minimum atomic E-state index is -1.03. The van der Waals surface area contributed by atoms with Crippen molar-refractivity contribution in [2.24, 2.45) is 0 Å². The molecule has 0 aliphatic heterocycles. The molecule has 3 N–H and O–H groups in total.